The number of esters is 1. The van der Waals surface area contributed by atoms with Gasteiger partial charge in [0.05, 0.1) is 17.4 Å². The lowest BCUT2D eigenvalue weighted by molar-refractivity contribution is -0.136. The average Bonchev–Trinajstić information content (AvgIpc) is 3.42. The lowest BCUT2D eigenvalue weighted by atomic mass is 9.90. The molecule has 1 aromatic heterocycles. The van der Waals surface area contributed by atoms with Crippen LogP contribution < -0.4 is 16.0 Å². The summed E-state index contributed by atoms with van der Waals surface area (Å²) in [6.07, 6.45) is 2.45. The van der Waals surface area contributed by atoms with Crippen molar-refractivity contribution in [2.45, 2.75) is 91.3 Å². The fraction of sp³-hybridized carbons (Fsp3) is 0.679. The number of Topliss-reactive ketones (excluding diaryl/α,β-unsaturated/α-hetero) is 1. The summed E-state index contributed by atoms with van der Waals surface area (Å²) in [5.74, 6) is -2.31. The summed E-state index contributed by atoms with van der Waals surface area (Å²) in [5, 5.41) is 8.30. The van der Waals surface area contributed by atoms with Crippen LogP contribution in [-0.4, -0.2) is 77.4 Å². The molecule has 220 valence electrons. The van der Waals surface area contributed by atoms with Crippen LogP contribution in [0.1, 0.15) is 79.9 Å². The number of ketones is 1. The molecule has 12 heteroatoms. The van der Waals surface area contributed by atoms with Gasteiger partial charge in [0.15, 0.2) is 12.4 Å². The van der Waals surface area contributed by atoms with E-state index in [1.807, 2.05) is 13.8 Å². The van der Waals surface area contributed by atoms with Gasteiger partial charge in [-0.05, 0) is 65.2 Å². The van der Waals surface area contributed by atoms with Gasteiger partial charge in [0.25, 0.3) is 0 Å². The van der Waals surface area contributed by atoms with Crippen molar-refractivity contribution < 1.29 is 33.4 Å². The van der Waals surface area contributed by atoms with E-state index in [0.29, 0.717) is 49.6 Å². The molecule has 0 spiro atoms. The smallest absolute Gasteiger partial charge is 0.342 e. The van der Waals surface area contributed by atoms with Gasteiger partial charge in [0.1, 0.15) is 23.5 Å². The maximum Gasteiger partial charge on any atom is 0.342 e. The number of aryl methyl sites for hydroxylation is 3. The highest BCUT2D eigenvalue weighted by Crippen LogP contribution is 2.19. The van der Waals surface area contributed by atoms with Crippen molar-refractivity contribution in [2.24, 2.45) is 11.8 Å². The first kappa shape index (κ1) is 31.1. The van der Waals surface area contributed by atoms with Crippen LogP contribution in [0.2, 0.25) is 0 Å². The fourth-order valence-electron chi connectivity index (χ4n) is 5.13. The van der Waals surface area contributed by atoms with Crippen molar-refractivity contribution in [2.75, 3.05) is 19.8 Å². The first-order valence-electron chi connectivity index (χ1n) is 14.0. The molecule has 40 heavy (non-hydrogen) atoms. The summed E-state index contributed by atoms with van der Waals surface area (Å²) in [7, 11) is 0. The Kier molecular flexibility index (Phi) is 11.1. The second-order valence-corrected chi connectivity index (χ2v) is 11.0. The number of nitrogens with one attached hydrogen (secondary N) is 3. The van der Waals surface area contributed by atoms with Crippen LogP contribution in [0, 0.1) is 32.6 Å². The summed E-state index contributed by atoms with van der Waals surface area (Å²) in [4.78, 5) is 73.1. The molecule has 2 fully saturated rings. The van der Waals surface area contributed by atoms with E-state index in [2.05, 4.69) is 25.9 Å². The first-order chi connectivity index (χ1) is 19.0. The van der Waals surface area contributed by atoms with Gasteiger partial charge in [-0.25, -0.2) is 14.8 Å². The number of ether oxygens (including phenoxy) is 2. The van der Waals surface area contributed by atoms with E-state index in [4.69, 9.17) is 9.47 Å². The lowest BCUT2D eigenvalue weighted by Crippen LogP contribution is -2.55. The molecule has 2 saturated heterocycles. The number of carbonyl (C=O) groups excluding carboxylic acids is 5. The minimum atomic E-state index is -1.10. The van der Waals surface area contributed by atoms with Crippen molar-refractivity contribution in [1.82, 2.24) is 25.9 Å². The van der Waals surface area contributed by atoms with Gasteiger partial charge >= 0.3 is 5.97 Å². The van der Waals surface area contributed by atoms with Crippen LogP contribution in [0.15, 0.2) is 0 Å². The van der Waals surface area contributed by atoms with Crippen LogP contribution in [0.5, 0.6) is 0 Å². The minimum Gasteiger partial charge on any atom is -0.454 e. The summed E-state index contributed by atoms with van der Waals surface area (Å²) in [5.41, 5.74) is 1.05. The van der Waals surface area contributed by atoms with Crippen LogP contribution in [0.3, 0.4) is 0 Å². The van der Waals surface area contributed by atoms with Gasteiger partial charge in [-0.3, -0.25) is 19.2 Å². The topological polar surface area (TPSA) is 166 Å². The number of hydrogen-bond acceptors (Lipinski definition) is 9. The number of aromatic nitrogens is 2. The third kappa shape index (κ3) is 8.54. The van der Waals surface area contributed by atoms with Crippen molar-refractivity contribution in [3.63, 3.8) is 0 Å². The zero-order valence-corrected chi connectivity index (χ0v) is 24.0. The Morgan fingerprint density at radius 1 is 1.02 bits per heavy atom. The maximum atomic E-state index is 13.4. The van der Waals surface area contributed by atoms with Crippen molar-refractivity contribution in [3.8, 4) is 0 Å². The maximum absolute atomic E-state index is 13.4. The highest BCUT2D eigenvalue weighted by molar-refractivity contribution is 5.97. The molecule has 2 aliphatic heterocycles. The average molecular weight is 560 g/mol. The fourth-order valence-corrected chi connectivity index (χ4v) is 5.13. The molecule has 0 aromatic carbocycles. The van der Waals surface area contributed by atoms with E-state index in [1.54, 1.807) is 20.8 Å². The molecule has 0 unspecified atom stereocenters. The summed E-state index contributed by atoms with van der Waals surface area (Å²) >= 11 is 0. The number of rotatable bonds is 12. The van der Waals surface area contributed by atoms with Gasteiger partial charge in [-0.15, -0.1) is 0 Å². The third-order valence-corrected chi connectivity index (χ3v) is 7.12. The summed E-state index contributed by atoms with van der Waals surface area (Å²) < 4.78 is 10.8. The Labute approximate surface area is 234 Å². The Hall–Kier alpha value is -3.41. The highest BCUT2D eigenvalue weighted by Gasteiger charge is 2.34. The van der Waals surface area contributed by atoms with Gasteiger partial charge in [-0.2, -0.15) is 0 Å². The molecule has 3 amide bonds. The van der Waals surface area contributed by atoms with E-state index >= 15 is 0 Å². The molecule has 3 N–H and O–H groups in total. The molecular formula is C28H41N5O7. The summed E-state index contributed by atoms with van der Waals surface area (Å²) in [6.45, 7) is 9.31. The van der Waals surface area contributed by atoms with Crippen molar-refractivity contribution >= 4 is 29.5 Å². The zero-order chi connectivity index (χ0) is 29.4. The number of nitrogens with zero attached hydrogens (tertiary/aromatic N) is 2. The predicted octanol–water partition coefficient (Wildman–Crippen LogP) is 1.24. The SMILES string of the molecule is Cc1nc(C)c(C(=O)OCC(=O)[C@H](C[C@@H]2CCCNC2=O)NC(=O)[C@H](CC(C)C)NC(=O)[C@H]2CCCO2)c(C)n1. The largest absolute Gasteiger partial charge is 0.454 e. The molecule has 0 saturated carbocycles. The van der Waals surface area contributed by atoms with Crippen LogP contribution in [0.25, 0.3) is 0 Å². The van der Waals surface area contributed by atoms with E-state index < -0.39 is 48.4 Å². The second kappa shape index (κ2) is 14.3. The number of hydrogen-bond donors (Lipinski definition) is 3. The molecule has 3 heterocycles. The van der Waals surface area contributed by atoms with E-state index in [-0.39, 0.29) is 29.7 Å². The van der Waals surface area contributed by atoms with Gasteiger partial charge in [0.2, 0.25) is 17.7 Å². The van der Waals surface area contributed by atoms with E-state index in [9.17, 15) is 24.0 Å². The summed E-state index contributed by atoms with van der Waals surface area (Å²) in [6, 6.07) is -2.00. The van der Waals surface area contributed by atoms with Crippen LogP contribution >= 0.6 is 0 Å². The third-order valence-electron chi connectivity index (χ3n) is 7.12. The number of piperidine rings is 1. The van der Waals surface area contributed by atoms with Crippen LogP contribution in [-0.2, 0) is 28.7 Å². The Morgan fingerprint density at radius 3 is 2.33 bits per heavy atom. The molecular weight excluding hydrogens is 518 g/mol. The molecule has 12 nitrogen and oxygen atoms in total. The van der Waals surface area contributed by atoms with Gasteiger partial charge in [0, 0.05) is 19.1 Å². The highest BCUT2D eigenvalue weighted by atomic mass is 16.5. The molecule has 1 aromatic rings. The second-order valence-electron chi connectivity index (χ2n) is 11.0. The quantitative estimate of drug-likeness (QED) is 0.319. The number of carbonyl (C=O) groups is 5. The van der Waals surface area contributed by atoms with E-state index in [0.717, 1.165) is 12.8 Å². The van der Waals surface area contributed by atoms with E-state index in [1.165, 1.54) is 0 Å². The molecule has 0 radical (unpaired) electrons. The van der Waals surface area contributed by atoms with Gasteiger partial charge in [-0.1, -0.05) is 13.8 Å². The molecule has 4 atom stereocenters. The normalized spacial score (nSPS) is 20.4. The van der Waals surface area contributed by atoms with Gasteiger partial charge < -0.3 is 25.4 Å². The molecule has 0 aliphatic carbocycles. The monoisotopic (exact) mass is 559 g/mol. The molecule has 2 aliphatic rings. The standard InChI is InChI=1S/C28H41N5O7/c1-15(2)12-21(33-27(37)23-9-7-11-39-23)26(36)32-20(13-19-8-6-10-29-25(19)35)22(34)14-40-28(38)24-16(3)30-18(5)31-17(24)4/h15,19-21,23H,6-14H2,1-5H3,(H,29,35)(H,32,36)(H,33,37)/t19-,20-,21-,23+/m0/s1. The van der Waals surface area contributed by atoms with Crippen molar-refractivity contribution in [3.05, 3.63) is 22.8 Å². The molecule has 3 rings (SSSR count). The van der Waals surface area contributed by atoms with Crippen LogP contribution in [0.4, 0.5) is 0 Å². The lowest BCUT2D eigenvalue weighted by Gasteiger charge is -2.28. The zero-order valence-electron chi connectivity index (χ0n) is 24.0. The number of amides is 3. The Bertz CT molecular complexity index is 1090. The predicted molar refractivity (Wildman–Crippen MR) is 144 cm³/mol. The molecule has 0 bridgehead atoms. The Morgan fingerprint density at radius 2 is 1.73 bits per heavy atom. The minimum absolute atomic E-state index is 0.0493. The van der Waals surface area contributed by atoms with Crippen molar-refractivity contribution in [1.29, 1.82) is 0 Å². The first-order valence-corrected chi connectivity index (χ1v) is 14.0. The Balaban J connectivity index is 1.73.